The first-order chi connectivity index (χ1) is 10.4. The number of nitrogens with zero attached hydrogens (tertiary/aromatic N) is 3. The van der Waals surface area contributed by atoms with Crippen LogP contribution in [0.2, 0.25) is 0 Å². The molecule has 1 saturated heterocycles. The fourth-order valence-corrected chi connectivity index (χ4v) is 3.62. The van der Waals surface area contributed by atoms with E-state index in [1.807, 2.05) is 25.6 Å². The summed E-state index contributed by atoms with van der Waals surface area (Å²) in [5.41, 5.74) is 3.08. The van der Waals surface area contributed by atoms with E-state index >= 15 is 0 Å². The summed E-state index contributed by atoms with van der Waals surface area (Å²) < 4.78 is 1.84. The van der Waals surface area contributed by atoms with Crippen molar-refractivity contribution in [2.24, 2.45) is 18.9 Å². The number of likely N-dealkylation sites (tertiary alicyclic amines) is 1. The van der Waals surface area contributed by atoms with E-state index in [1.165, 1.54) is 6.42 Å². The van der Waals surface area contributed by atoms with Crippen molar-refractivity contribution >= 4 is 5.91 Å². The number of piperidine rings is 1. The molecule has 1 aliphatic heterocycles. The maximum Gasteiger partial charge on any atom is 0.224 e. The first kappa shape index (κ1) is 17.0. The number of aryl methyl sites for hydroxylation is 2. The van der Waals surface area contributed by atoms with Crippen LogP contribution in [0.4, 0.5) is 0 Å². The van der Waals surface area contributed by atoms with Crippen LogP contribution in [0, 0.1) is 25.7 Å². The van der Waals surface area contributed by atoms with Crippen LogP contribution in [0.15, 0.2) is 0 Å². The Balaban J connectivity index is 1.76. The normalized spacial score (nSPS) is 22.8. The Morgan fingerprint density at radius 3 is 2.45 bits per heavy atom. The van der Waals surface area contributed by atoms with Crippen LogP contribution >= 0.6 is 0 Å². The first-order valence-corrected chi connectivity index (χ1v) is 8.35. The van der Waals surface area contributed by atoms with Crippen molar-refractivity contribution < 1.29 is 4.79 Å². The molecular formula is C17H30N4O. The maximum absolute atomic E-state index is 12.1. The van der Waals surface area contributed by atoms with Gasteiger partial charge >= 0.3 is 0 Å². The summed E-state index contributed by atoms with van der Waals surface area (Å²) in [4.78, 5) is 14.6. The molecule has 1 aliphatic rings. The van der Waals surface area contributed by atoms with Crippen molar-refractivity contribution in [3.05, 3.63) is 17.0 Å². The standard InChI is InChI=1S/C17H30N4O/c1-12-8-13(2)11-21(10-12)7-6-18-17(22)9-16-14(3)19-20(5)15(16)4/h12-13H,6-11H2,1-5H3,(H,18,22)/t12-,13-/m0/s1. The Morgan fingerprint density at radius 2 is 1.91 bits per heavy atom. The Labute approximate surface area is 134 Å². The van der Waals surface area contributed by atoms with Gasteiger partial charge in [0, 0.05) is 44.5 Å². The largest absolute Gasteiger partial charge is 0.355 e. The molecule has 0 saturated carbocycles. The zero-order valence-electron chi connectivity index (χ0n) is 14.6. The molecule has 5 heteroatoms. The molecule has 0 aliphatic carbocycles. The Bertz CT molecular complexity index is 513. The second-order valence-electron chi connectivity index (χ2n) is 7.01. The van der Waals surface area contributed by atoms with E-state index in [4.69, 9.17) is 0 Å². The van der Waals surface area contributed by atoms with E-state index in [2.05, 4.69) is 29.2 Å². The summed E-state index contributed by atoms with van der Waals surface area (Å²) in [6, 6.07) is 0. The molecule has 1 aromatic heterocycles. The van der Waals surface area contributed by atoms with E-state index in [9.17, 15) is 4.79 Å². The molecule has 124 valence electrons. The second-order valence-corrected chi connectivity index (χ2v) is 7.01. The maximum atomic E-state index is 12.1. The van der Waals surface area contributed by atoms with Crippen LogP contribution < -0.4 is 5.32 Å². The molecule has 5 nitrogen and oxygen atoms in total. The highest BCUT2D eigenvalue weighted by Crippen LogP contribution is 2.20. The molecule has 2 heterocycles. The lowest BCUT2D eigenvalue weighted by atomic mass is 9.92. The van der Waals surface area contributed by atoms with Gasteiger partial charge in [0.2, 0.25) is 5.91 Å². The molecule has 2 rings (SSSR count). The third-order valence-electron chi connectivity index (χ3n) is 4.69. The van der Waals surface area contributed by atoms with E-state index in [0.717, 1.165) is 55.0 Å². The third-order valence-corrected chi connectivity index (χ3v) is 4.69. The molecule has 0 radical (unpaired) electrons. The Kier molecular flexibility index (Phi) is 5.62. The van der Waals surface area contributed by atoms with E-state index < -0.39 is 0 Å². The van der Waals surface area contributed by atoms with Crippen molar-refractivity contribution in [2.75, 3.05) is 26.2 Å². The predicted molar refractivity (Wildman–Crippen MR) is 88.8 cm³/mol. The van der Waals surface area contributed by atoms with Crippen molar-refractivity contribution in [1.82, 2.24) is 20.0 Å². The smallest absolute Gasteiger partial charge is 0.224 e. The van der Waals surface area contributed by atoms with E-state index in [0.29, 0.717) is 6.42 Å². The number of hydrogen-bond acceptors (Lipinski definition) is 3. The van der Waals surface area contributed by atoms with Crippen molar-refractivity contribution in [2.45, 2.75) is 40.5 Å². The lowest BCUT2D eigenvalue weighted by molar-refractivity contribution is -0.120. The van der Waals surface area contributed by atoms with Crippen molar-refractivity contribution in [3.8, 4) is 0 Å². The van der Waals surface area contributed by atoms with Crippen LogP contribution in [0.1, 0.15) is 37.2 Å². The van der Waals surface area contributed by atoms with Gasteiger partial charge in [0.1, 0.15) is 0 Å². The highest BCUT2D eigenvalue weighted by molar-refractivity contribution is 5.79. The molecule has 2 atom stereocenters. The molecule has 0 aromatic carbocycles. The molecule has 0 bridgehead atoms. The zero-order valence-corrected chi connectivity index (χ0v) is 14.6. The van der Waals surface area contributed by atoms with Crippen molar-refractivity contribution in [1.29, 1.82) is 0 Å². The van der Waals surface area contributed by atoms with Gasteiger partial charge in [-0.15, -0.1) is 0 Å². The van der Waals surface area contributed by atoms with Gasteiger partial charge in [-0.05, 0) is 32.1 Å². The van der Waals surface area contributed by atoms with E-state index in [-0.39, 0.29) is 5.91 Å². The van der Waals surface area contributed by atoms with Crippen LogP contribution in [-0.4, -0.2) is 46.8 Å². The average Bonchev–Trinajstić information content (AvgIpc) is 2.64. The summed E-state index contributed by atoms with van der Waals surface area (Å²) in [6.07, 6.45) is 1.75. The van der Waals surface area contributed by atoms with Gasteiger partial charge in [0.15, 0.2) is 0 Å². The molecule has 1 amide bonds. The minimum absolute atomic E-state index is 0.0947. The average molecular weight is 306 g/mol. The minimum Gasteiger partial charge on any atom is -0.355 e. The van der Waals surface area contributed by atoms with Gasteiger partial charge in [0.05, 0.1) is 12.1 Å². The quantitative estimate of drug-likeness (QED) is 0.900. The van der Waals surface area contributed by atoms with Gasteiger partial charge in [-0.25, -0.2) is 0 Å². The number of nitrogens with one attached hydrogen (secondary N) is 1. The van der Waals surface area contributed by atoms with Gasteiger partial charge < -0.3 is 10.2 Å². The van der Waals surface area contributed by atoms with Crippen LogP contribution in [0.5, 0.6) is 0 Å². The van der Waals surface area contributed by atoms with Gasteiger partial charge in [-0.1, -0.05) is 13.8 Å². The lowest BCUT2D eigenvalue weighted by Crippen LogP contribution is -2.43. The summed E-state index contributed by atoms with van der Waals surface area (Å²) in [6.45, 7) is 12.6. The fraction of sp³-hybridized carbons (Fsp3) is 0.765. The summed E-state index contributed by atoms with van der Waals surface area (Å²) >= 11 is 0. The molecule has 0 unspecified atom stereocenters. The number of aromatic nitrogens is 2. The Morgan fingerprint density at radius 1 is 1.27 bits per heavy atom. The van der Waals surface area contributed by atoms with Crippen LogP contribution in [-0.2, 0) is 18.3 Å². The SMILES string of the molecule is Cc1nn(C)c(C)c1CC(=O)NCCN1C[C@@H](C)C[C@H](C)C1. The minimum atomic E-state index is 0.0947. The van der Waals surface area contributed by atoms with Crippen LogP contribution in [0.3, 0.4) is 0 Å². The molecule has 0 spiro atoms. The number of carbonyl (C=O) groups excluding carboxylic acids is 1. The second kappa shape index (κ2) is 7.27. The molecule has 22 heavy (non-hydrogen) atoms. The zero-order chi connectivity index (χ0) is 16.3. The fourth-order valence-electron chi connectivity index (χ4n) is 3.62. The van der Waals surface area contributed by atoms with Gasteiger partial charge in [-0.2, -0.15) is 5.10 Å². The van der Waals surface area contributed by atoms with Crippen molar-refractivity contribution in [3.63, 3.8) is 0 Å². The summed E-state index contributed by atoms with van der Waals surface area (Å²) in [5.74, 6) is 1.62. The Hall–Kier alpha value is -1.36. The number of hydrogen-bond donors (Lipinski definition) is 1. The van der Waals surface area contributed by atoms with Gasteiger partial charge in [0.25, 0.3) is 0 Å². The van der Waals surface area contributed by atoms with Gasteiger partial charge in [-0.3, -0.25) is 9.48 Å². The monoisotopic (exact) mass is 306 g/mol. The summed E-state index contributed by atoms with van der Waals surface area (Å²) in [7, 11) is 1.92. The highest BCUT2D eigenvalue weighted by Gasteiger charge is 2.21. The molecule has 1 N–H and O–H groups in total. The number of carbonyl (C=O) groups is 1. The molecule has 1 fully saturated rings. The van der Waals surface area contributed by atoms with E-state index in [1.54, 1.807) is 0 Å². The predicted octanol–water partition coefficient (Wildman–Crippen LogP) is 1.67. The molecular weight excluding hydrogens is 276 g/mol. The number of amides is 1. The molecule has 1 aromatic rings. The van der Waals surface area contributed by atoms with Crippen LogP contribution in [0.25, 0.3) is 0 Å². The summed E-state index contributed by atoms with van der Waals surface area (Å²) in [5, 5.41) is 7.42. The first-order valence-electron chi connectivity index (χ1n) is 8.35. The third kappa shape index (κ3) is 4.32. The number of rotatable bonds is 5. The highest BCUT2D eigenvalue weighted by atomic mass is 16.1. The topological polar surface area (TPSA) is 50.2 Å². The lowest BCUT2D eigenvalue weighted by Gasteiger charge is -2.34.